The van der Waals surface area contributed by atoms with Crippen LogP contribution in [0, 0.1) is 3.57 Å². The molecule has 0 aliphatic carbocycles. The van der Waals surface area contributed by atoms with Crippen LogP contribution in [-0.4, -0.2) is 27.5 Å². The molecule has 8 heteroatoms. The first-order chi connectivity index (χ1) is 11.3. The summed E-state index contributed by atoms with van der Waals surface area (Å²) in [7, 11) is -2.30. The van der Waals surface area contributed by atoms with Crippen molar-refractivity contribution in [2.24, 2.45) is 0 Å². The number of methoxy groups -OCH3 is 1. The zero-order valence-electron chi connectivity index (χ0n) is 13.1. The first kappa shape index (κ1) is 18.7. The predicted octanol–water partition coefficient (Wildman–Crippen LogP) is 2.61. The molecule has 0 aliphatic heterocycles. The molecule has 0 unspecified atom stereocenters. The molecule has 2 rings (SSSR count). The highest BCUT2D eigenvalue weighted by atomic mass is 127. The Kier molecular flexibility index (Phi) is 6.19. The molecule has 24 heavy (non-hydrogen) atoms. The lowest BCUT2D eigenvalue weighted by molar-refractivity contribution is -0.117. The minimum absolute atomic E-state index is 0.0669. The maximum absolute atomic E-state index is 12.3. The number of carbonyl (C=O) groups is 1. The van der Waals surface area contributed by atoms with Crippen molar-refractivity contribution in [1.82, 2.24) is 4.72 Å². The van der Waals surface area contributed by atoms with Crippen LogP contribution in [0.3, 0.4) is 0 Å². The Balaban J connectivity index is 2.04. The van der Waals surface area contributed by atoms with E-state index in [0.29, 0.717) is 11.4 Å². The minimum atomic E-state index is -3.80. The first-order valence-corrected chi connectivity index (χ1v) is 9.61. The molecule has 0 bridgehead atoms. The molecule has 0 saturated carbocycles. The van der Waals surface area contributed by atoms with Crippen molar-refractivity contribution in [2.45, 2.75) is 17.9 Å². The van der Waals surface area contributed by atoms with E-state index >= 15 is 0 Å². The van der Waals surface area contributed by atoms with E-state index in [1.54, 1.807) is 24.3 Å². The molecule has 0 heterocycles. The van der Waals surface area contributed by atoms with E-state index in [4.69, 9.17) is 4.74 Å². The lowest BCUT2D eigenvalue weighted by Gasteiger charge is -2.14. The zero-order valence-corrected chi connectivity index (χ0v) is 16.1. The third-order valence-corrected chi connectivity index (χ3v) is 5.48. The Hall–Kier alpha value is -1.65. The normalized spacial score (nSPS) is 12.5. The monoisotopic (exact) mass is 460 g/mol. The summed E-state index contributed by atoms with van der Waals surface area (Å²) >= 11 is 2.16. The molecule has 1 amide bonds. The van der Waals surface area contributed by atoms with Gasteiger partial charge in [-0.1, -0.05) is 0 Å². The number of ether oxygens (including phenoxy) is 1. The van der Waals surface area contributed by atoms with Crippen molar-refractivity contribution in [3.63, 3.8) is 0 Å². The van der Waals surface area contributed by atoms with Gasteiger partial charge in [-0.15, -0.1) is 0 Å². The predicted molar refractivity (Wildman–Crippen MR) is 101 cm³/mol. The van der Waals surface area contributed by atoms with Crippen molar-refractivity contribution in [3.05, 3.63) is 52.1 Å². The average Bonchev–Trinajstić information content (AvgIpc) is 2.56. The smallest absolute Gasteiger partial charge is 0.242 e. The Morgan fingerprint density at radius 3 is 2.21 bits per heavy atom. The number of carbonyl (C=O) groups excluding carboxylic acids is 1. The third kappa shape index (κ3) is 4.92. The van der Waals surface area contributed by atoms with Crippen LogP contribution in [0.2, 0.25) is 0 Å². The van der Waals surface area contributed by atoms with Crippen LogP contribution in [0.25, 0.3) is 0 Å². The molecule has 0 saturated heterocycles. The quantitative estimate of drug-likeness (QED) is 0.650. The molecule has 0 spiro atoms. The molecule has 0 radical (unpaired) electrons. The number of benzene rings is 2. The molecule has 128 valence electrons. The number of nitrogens with one attached hydrogen (secondary N) is 2. The molecule has 2 N–H and O–H groups in total. The summed E-state index contributed by atoms with van der Waals surface area (Å²) in [5.74, 6) is 0.117. The highest BCUT2D eigenvalue weighted by Crippen LogP contribution is 2.16. The van der Waals surface area contributed by atoms with E-state index in [1.165, 1.54) is 26.2 Å². The molecule has 2 aromatic carbocycles. The van der Waals surface area contributed by atoms with Crippen molar-refractivity contribution in [2.75, 3.05) is 12.4 Å². The minimum Gasteiger partial charge on any atom is -0.497 e. The molecule has 1 atom stereocenters. The zero-order chi connectivity index (χ0) is 17.7. The fraction of sp³-hybridized carbons (Fsp3) is 0.188. The summed E-state index contributed by atoms with van der Waals surface area (Å²) in [5, 5.41) is 2.67. The van der Waals surface area contributed by atoms with Gasteiger partial charge in [0.05, 0.1) is 18.0 Å². The third-order valence-electron chi connectivity index (χ3n) is 3.21. The largest absolute Gasteiger partial charge is 0.497 e. The van der Waals surface area contributed by atoms with Gasteiger partial charge in [-0.3, -0.25) is 4.79 Å². The van der Waals surface area contributed by atoms with Crippen LogP contribution >= 0.6 is 22.6 Å². The maximum atomic E-state index is 12.3. The molecule has 0 aromatic heterocycles. The van der Waals surface area contributed by atoms with Gasteiger partial charge in [0.15, 0.2) is 0 Å². The van der Waals surface area contributed by atoms with Crippen LogP contribution in [-0.2, 0) is 14.8 Å². The molecule has 6 nitrogen and oxygen atoms in total. The van der Waals surface area contributed by atoms with Gasteiger partial charge in [0, 0.05) is 9.26 Å². The van der Waals surface area contributed by atoms with E-state index < -0.39 is 22.0 Å². The van der Waals surface area contributed by atoms with Gasteiger partial charge in [0.1, 0.15) is 5.75 Å². The number of rotatable bonds is 6. The average molecular weight is 460 g/mol. The SMILES string of the molecule is COc1ccc(S(=O)(=O)N[C@@H](C)C(=O)Nc2ccc(I)cc2)cc1. The van der Waals surface area contributed by atoms with Gasteiger partial charge >= 0.3 is 0 Å². The van der Waals surface area contributed by atoms with Gasteiger partial charge in [0.25, 0.3) is 0 Å². The Labute approximate surface area is 154 Å². The highest BCUT2D eigenvalue weighted by molar-refractivity contribution is 14.1. The van der Waals surface area contributed by atoms with Gasteiger partial charge in [-0.2, -0.15) is 4.72 Å². The van der Waals surface area contributed by atoms with Crippen molar-refractivity contribution in [3.8, 4) is 5.75 Å². The Morgan fingerprint density at radius 2 is 1.67 bits per heavy atom. The lowest BCUT2D eigenvalue weighted by atomic mass is 10.3. The summed E-state index contributed by atoms with van der Waals surface area (Å²) in [4.78, 5) is 12.2. The summed E-state index contributed by atoms with van der Waals surface area (Å²) in [5.41, 5.74) is 0.607. The summed E-state index contributed by atoms with van der Waals surface area (Å²) in [6.45, 7) is 1.49. The van der Waals surface area contributed by atoms with Gasteiger partial charge in [-0.05, 0) is 78.0 Å². The molecule has 0 aliphatic rings. The number of hydrogen-bond donors (Lipinski definition) is 2. The molecular formula is C16H17IN2O4S. The number of amides is 1. The fourth-order valence-electron chi connectivity index (χ4n) is 1.89. The van der Waals surface area contributed by atoms with E-state index in [2.05, 4.69) is 32.6 Å². The number of sulfonamides is 1. The van der Waals surface area contributed by atoms with Gasteiger partial charge in [-0.25, -0.2) is 8.42 Å². The van der Waals surface area contributed by atoms with Crippen molar-refractivity contribution >= 4 is 44.2 Å². The maximum Gasteiger partial charge on any atom is 0.242 e. The van der Waals surface area contributed by atoms with E-state index in [0.717, 1.165) is 3.57 Å². The Morgan fingerprint density at radius 1 is 1.08 bits per heavy atom. The second kappa shape index (κ2) is 7.95. The van der Waals surface area contributed by atoms with Crippen LogP contribution in [0.1, 0.15) is 6.92 Å². The topological polar surface area (TPSA) is 84.5 Å². The summed E-state index contributed by atoms with van der Waals surface area (Å²) in [6, 6.07) is 12.2. The highest BCUT2D eigenvalue weighted by Gasteiger charge is 2.22. The standard InChI is InChI=1S/C16H17IN2O4S/c1-11(16(20)18-13-5-3-12(17)4-6-13)19-24(21,22)15-9-7-14(23-2)8-10-15/h3-11,19H,1-2H3,(H,18,20)/t11-/m0/s1. The second-order valence-corrected chi connectivity index (χ2v) is 7.97. The summed E-state index contributed by atoms with van der Waals surface area (Å²) < 4.78 is 33.0. The van der Waals surface area contributed by atoms with E-state index in [9.17, 15) is 13.2 Å². The number of halogens is 1. The molecule has 2 aromatic rings. The van der Waals surface area contributed by atoms with Crippen molar-refractivity contribution < 1.29 is 17.9 Å². The molecule has 0 fully saturated rings. The number of anilines is 1. The van der Waals surface area contributed by atoms with E-state index in [-0.39, 0.29) is 4.90 Å². The van der Waals surface area contributed by atoms with Crippen LogP contribution in [0.15, 0.2) is 53.4 Å². The fourth-order valence-corrected chi connectivity index (χ4v) is 3.46. The number of hydrogen-bond acceptors (Lipinski definition) is 4. The van der Waals surface area contributed by atoms with Crippen LogP contribution in [0.4, 0.5) is 5.69 Å². The van der Waals surface area contributed by atoms with Gasteiger partial charge < -0.3 is 10.1 Å². The van der Waals surface area contributed by atoms with Crippen molar-refractivity contribution in [1.29, 1.82) is 0 Å². The lowest BCUT2D eigenvalue weighted by Crippen LogP contribution is -2.41. The second-order valence-electron chi connectivity index (χ2n) is 5.01. The first-order valence-electron chi connectivity index (χ1n) is 7.04. The van der Waals surface area contributed by atoms with Crippen LogP contribution < -0.4 is 14.8 Å². The van der Waals surface area contributed by atoms with E-state index in [1.807, 2.05) is 12.1 Å². The molecular weight excluding hydrogens is 443 g/mol. The Bertz CT molecular complexity index is 805. The summed E-state index contributed by atoms with van der Waals surface area (Å²) in [6.07, 6.45) is 0. The van der Waals surface area contributed by atoms with Gasteiger partial charge in [0.2, 0.25) is 15.9 Å². The van der Waals surface area contributed by atoms with Crippen LogP contribution in [0.5, 0.6) is 5.75 Å².